The number of likely N-dealkylation sites (tertiary alicyclic amines) is 1. The number of ether oxygens (including phenoxy) is 1. The summed E-state index contributed by atoms with van der Waals surface area (Å²) in [6, 6.07) is 7.81. The number of carbonyl (C=O) groups is 1. The summed E-state index contributed by atoms with van der Waals surface area (Å²) >= 11 is 0. The van der Waals surface area contributed by atoms with E-state index in [0.717, 1.165) is 30.8 Å². The van der Waals surface area contributed by atoms with Gasteiger partial charge in [-0.1, -0.05) is 19.1 Å². The predicted octanol–water partition coefficient (Wildman–Crippen LogP) is 2.50. The number of rotatable bonds is 4. The van der Waals surface area contributed by atoms with Gasteiger partial charge in [0, 0.05) is 13.1 Å². The van der Waals surface area contributed by atoms with Crippen molar-refractivity contribution < 1.29 is 9.53 Å². The molecule has 1 fully saturated rings. The van der Waals surface area contributed by atoms with Crippen molar-refractivity contribution in [2.45, 2.75) is 26.7 Å². The van der Waals surface area contributed by atoms with E-state index in [1.807, 2.05) is 36.1 Å². The van der Waals surface area contributed by atoms with Gasteiger partial charge in [0.2, 0.25) is 5.91 Å². The second kappa shape index (κ2) is 5.89. The van der Waals surface area contributed by atoms with E-state index in [-0.39, 0.29) is 5.91 Å². The van der Waals surface area contributed by atoms with Gasteiger partial charge >= 0.3 is 0 Å². The van der Waals surface area contributed by atoms with E-state index in [1.54, 1.807) is 0 Å². The Balaban J connectivity index is 1.90. The zero-order chi connectivity index (χ0) is 13.0. The average molecular weight is 247 g/mol. The molecule has 18 heavy (non-hydrogen) atoms. The Hall–Kier alpha value is -1.51. The maximum Gasteiger partial charge on any atom is 0.226 e. The van der Waals surface area contributed by atoms with Crippen LogP contribution < -0.4 is 4.74 Å². The maximum absolute atomic E-state index is 12.1. The summed E-state index contributed by atoms with van der Waals surface area (Å²) in [6.07, 6.45) is 1.63. The molecule has 3 nitrogen and oxygen atoms in total. The minimum Gasteiger partial charge on any atom is -0.494 e. The minimum atomic E-state index is 0.239. The first-order chi connectivity index (χ1) is 8.69. The zero-order valence-electron chi connectivity index (χ0n) is 11.2. The molecule has 0 bridgehead atoms. The van der Waals surface area contributed by atoms with Crippen LogP contribution in [0.15, 0.2) is 24.3 Å². The molecule has 1 aliphatic rings. The highest BCUT2D eigenvalue weighted by Gasteiger charge is 2.22. The number of hydrogen-bond acceptors (Lipinski definition) is 2. The van der Waals surface area contributed by atoms with E-state index >= 15 is 0 Å². The number of nitrogens with zero attached hydrogens (tertiary/aromatic N) is 1. The van der Waals surface area contributed by atoms with Crippen molar-refractivity contribution in [1.82, 2.24) is 4.90 Å². The molecule has 1 atom stereocenters. The summed E-state index contributed by atoms with van der Waals surface area (Å²) in [6.45, 7) is 6.66. The molecular weight excluding hydrogens is 226 g/mol. The topological polar surface area (TPSA) is 29.5 Å². The van der Waals surface area contributed by atoms with Crippen LogP contribution in [-0.2, 0) is 11.2 Å². The van der Waals surface area contributed by atoms with Crippen LogP contribution in [-0.4, -0.2) is 30.5 Å². The molecule has 3 heteroatoms. The lowest BCUT2D eigenvalue weighted by atomic mass is 10.1. The smallest absolute Gasteiger partial charge is 0.226 e. The third kappa shape index (κ3) is 3.25. The predicted molar refractivity (Wildman–Crippen MR) is 71.7 cm³/mol. The Morgan fingerprint density at radius 3 is 2.67 bits per heavy atom. The van der Waals surface area contributed by atoms with Crippen molar-refractivity contribution in [3.05, 3.63) is 29.8 Å². The Labute approximate surface area is 109 Å². The first-order valence-electron chi connectivity index (χ1n) is 6.68. The maximum atomic E-state index is 12.1. The molecule has 1 aromatic rings. The first kappa shape index (κ1) is 12.9. The Kier molecular flexibility index (Phi) is 4.24. The Morgan fingerprint density at radius 2 is 2.11 bits per heavy atom. The van der Waals surface area contributed by atoms with Gasteiger partial charge in [0.1, 0.15) is 5.75 Å². The van der Waals surface area contributed by atoms with Crippen LogP contribution in [0.3, 0.4) is 0 Å². The van der Waals surface area contributed by atoms with Gasteiger partial charge < -0.3 is 9.64 Å². The summed E-state index contributed by atoms with van der Waals surface area (Å²) in [5.74, 6) is 1.75. The fourth-order valence-electron chi connectivity index (χ4n) is 2.32. The lowest BCUT2D eigenvalue weighted by Crippen LogP contribution is -2.29. The molecular formula is C15H21NO2. The molecule has 98 valence electrons. The molecule has 0 aliphatic carbocycles. The van der Waals surface area contributed by atoms with Gasteiger partial charge in [0.15, 0.2) is 0 Å². The van der Waals surface area contributed by atoms with Gasteiger partial charge in [-0.15, -0.1) is 0 Å². The van der Waals surface area contributed by atoms with Gasteiger partial charge in [-0.05, 0) is 37.0 Å². The SMILES string of the molecule is CCOc1ccc(CC(=O)N2CCC(C)C2)cc1. The summed E-state index contributed by atoms with van der Waals surface area (Å²) in [7, 11) is 0. The number of benzene rings is 1. The second-order valence-electron chi connectivity index (χ2n) is 4.99. The lowest BCUT2D eigenvalue weighted by molar-refractivity contribution is -0.129. The highest BCUT2D eigenvalue weighted by Crippen LogP contribution is 2.17. The van der Waals surface area contributed by atoms with Crippen molar-refractivity contribution >= 4 is 5.91 Å². The quantitative estimate of drug-likeness (QED) is 0.818. The fraction of sp³-hybridized carbons (Fsp3) is 0.533. The molecule has 0 saturated carbocycles. The molecule has 1 saturated heterocycles. The molecule has 2 rings (SSSR count). The molecule has 0 radical (unpaired) electrons. The third-order valence-electron chi connectivity index (χ3n) is 3.37. The van der Waals surface area contributed by atoms with Gasteiger partial charge in [-0.2, -0.15) is 0 Å². The highest BCUT2D eigenvalue weighted by molar-refractivity contribution is 5.79. The van der Waals surface area contributed by atoms with Crippen LogP contribution in [0.1, 0.15) is 25.8 Å². The largest absolute Gasteiger partial charge is 0.494 e. The van der Waals surface area contributed by atoms with E-state index in [9.17, 15) is 4.79 Å². The van der Waals surface area contributed by atoms with Gasteiger partial charge in [-0.25, -0.2) is 0 Å². The van der Waals surface area contributed by atoms with E-state index in [2.05, 4.69) is 6.92 Å². The van der Waals surface area contributed by atoms with Crippen molar-refractivity contribution in [2.75, 3.05) is 19.7 Å². The van der Waals surface area contributed by atoms with Crippen molar-refractivity contribution in [3.8, 4) is 5.75 Å². The van der Waals surface area contributed by atoms with Crippen LogP contribution in [0.5, 0.6) is 5.75 Å². The molecule has 0 spiro atoms. The summed E-state index contributed by atoms with van der Waals surface area (Å²) in [5, 5.41) is 0. The first-order valence-corrected chi connectivity index (χ1v) is 6.68. The summed E-state index contributed by atoms with van der Waals surface area (Å²) < 4.78 is 5.38. The van der Waals surface area contributed by atoms with Crippen LogP contribution in [0.2, 0.25) is 0 Å². The summed E-state index contributed by atoms with van der Waals surface area (Å²) in [5.41, 5.74) is 1.06. The summed E-state index contributed by atoms with van der Waals surface area (Å²) in [4.78, 5) is 14.0. The van der Waals surface area contributed by atoms with Crippen molar-refractivity contribution in [2.24, 2.45) is 5.92 Å². The number of amides is 1. The van der Waals surface area contributed by atoms with Gasteiger partial charge in [0.05, 0.1) is 13.0 Å². The average Bonchev–Trinajstić information content (AvgIpc) is 2.79. The monoisotopic (exact) mass is 247 g/mol. The second-order valence-corrected chi connectivity index (χ2v) is 4.99. The van der Waals surface area contributed by atoms with E-state index in [0.29, 0.717) is 18.9 Å². The van der Waals surface area contributed by atoms with Crippen LogP contribution in [0.4, 0.5) is 0 Å². The van der Waals surface area contributed by atoms with Gasteiger partial charge in [0.25, 0.3) is 0 Å². The van der Waals surface area contributed by atoms with Gasteiger partial charge in [-0.3, -0.25) is 4.79 Å². The normalized spacial score (nSPS) is 19.0. The standard InChI is InChI=1S/C15H21NO2/c1-3-18-14-6-4-13(5-7-14)10-15(17)16-9-8-12(2)11-16/h4-7,12H,3,8-11H2,1-2H3. The van der Waals surface area contributed by atoms with Crippen LogP contribution >= 0.6 is 0 Å². The van der Waals surface area contributed by atoms with Crippen LogP contribution in [0, 0.1) is 5.92 Å². The van der Waals surface area contributed by atoms with E-state index in [4.69, 9.17) is 4.74 Å². The van der Waals surface area contributed by atoms with Crippen molar-refractivity contribution in [3.63, 3.8) is 0 Å². The van der Waals surface area contributed by atoms with E-state index < -0.39 is 0 Å². The Bertz CT molecular complexity index is 399. The van der Waals surface area contributed by atoms with Crippen LogP contribution in [0.25, 0.3) is 0 Å². The minimum absolute atomic E-state index is 0.239. The molecule has 1 amide bonds. The number of hydrogen-bond donors (Lipinski definition) is 0. The van der Waals surface area contributed by atoms with E-state index in [1.165, 1.54) is 0 Å². The fourth-order valence-corrected chi connectivity index (χ4v) is 2.32. The lowest BCUT2D eigenvalue weighted by Gasteiger charge is -2.15. The molecule has 1 aromatic carbocycles. The Morgan fingerprint density at radius 1 is 1.39 bits per heavy atom. The zero-order valence-corrected chi connectivity index (χ0v) is 11.2. The molecule has 1 unspecified atom stereocenters. The molecule has 0 aromatic heterocycles. The molecule has 1 aliphatic heterocycles. The highest BCUT2D eigenvalue weighted by atomic mass is 16.5. The molecule has 1 heterocycles. The van der Waals surface area contributed by atoms with Crippen molar-refractivity contribution in [1.29, 1.82) is 0 Å². The number of carbonyl (C=O) groups excluding carboxylic acids is 1. The molecule has 0 N–H and O–H groups in total. The third-order valence-corrected chi connectivity index (χ3v) is 3.37.